The molecule has 2 unspecified atom stereocenters. The number of nitrogens with zero attached hydrogens (tertiary/aromatic N) is 1. The van der Waals surface area contributed by atoms with Gasteiger partial charge in [-0.05, 0) is 90.9 Å². The number of hydrogen-bond donors (Lipinski definition) is 2. The third-order valence-corrected chi connectivity index (χ3v) is 8.52. The minimum Gasteiger partial charge on any atom is -0.466 e. The van der Waals surface area contributed by atoms with Crippen molar-refractivity contribution >= 4 is 11.9 Å². The fourth-order valence-electron chi connectivity index (χ4n) is 5.50. The van der Waals surface area contributed by atoms with Crippen LogP contribution in [0.1, 0.15) is 168 Å². The van der Waals surface area contributed by atoms with E-state index in [0.717, 1.165) is 38.9 Å². The number of carbonyl (C=O) groups is 2. The molecule has 0 heterocycles. The molecule has 0 saturated heterocycles. The second-order valence-corrected chi connectivity index (χ2v) is 13.4. The molecule has 0 spiro atoms. The predicted molar refractivity (Wildman–Crippen MR) is 190 cm³/mol. The van der Waals surface area contributed by atoms with E-state index < -0.39 is 0 Å². The Balaban J connectivity index is 4.03. The summed E-state index contributed by atoms with van der Waals surface area (Å²) in [5, 5.41) is 6.61. The molecule has 0 aliphatic carbocycles. The minimum atomic E-state index is -0.233. The van der Waals surface area contributed by atoms with Gasteiger partial charge in [0.15, 0.2) is 0 Å². The first-order valence-corrected chi connectivity index (χ1v) is 18.9. The van der Waals surface area contributed by atoms with Crippen molar-refractivity contribution in [2.24, 2.45) is 5.92 Å². The molecule has 6 heteroatoms. The average molecular weight is 622 g/mol. The number of carbonyl (C=O) groups excluding carboxylic acids is 2. The number of nitrogens with one attached hydrogen (secondary N) is 2. The zero-order valence-electron chi connectivity index (χ0n) is 30.1. The zero-order chi connectivity index (χ0) is 32.5. The second-order valence-electron chi connectivity index (χ2n) is 13.4. The molecule has 2 N–H and O–H groups in total. The third-order valence-electron chi connectivity index (χ3n) is 8.52. The lowest BCUT2D eigenvalue weighted by Crippen LogP contribution is -2.45. The second kappa shape index (κ2) is 33.0. The van der Waals surface area contributed by atoms with Crippen LogP contribution in [0.25, 0.3) is 0 Å². The standard InChI is InChI=1S/C38H75N3O3/c1-6-8-10-11-12-13-14-15-16-17-18-19-20-21-22-24-31-40-38(43)36(39-32-26-33-41(4)5)28-25-34-44-37(42)30-29-35(3)27-23-9-7-2/h15-16,35-36,39H,6-14,17-34H2,1-5H3,(H,40,43)/b16-15-. The van der Waals surface area contributed by atoms with Gasteiger partial charge in [-0.15, -0.1) is 0 Å². The average Bonchev–Trinajstić information content (AvgIpc) is 3.00. The molecule has 2 atom stereocenters. The highest BCUT2D eigenvalue weighted by atomic mass is 16.5. The fraction of sp³-hybridized carbons (Fsp3) is 0.895. The number of unbranched alkanes of at least 4 members (excludes halogenated alkanes) is 14. The van der Waals surface area contributed by atoms with Gasteiger partial charge in [-0.25, -0.2) is 0 Å². The molecule has 0 aliphatic heterocycles. The summed E-state index contributed by atoms with van der Waals surface area (Å²) in [4.78, 5) is 27.3. The largest absolute Gasteiger partial charge is 0.466 e. The van der Waals surface area contributed by atoms with E-state index in [1.165, 1.54) is 109 Å². The zero-order valence-corrected chi connectivity index (χ0v) is 30.1. The Bertz CT molecular complexity index is 668. The summed E-state index contributed by atoms with van der Waals surface area (Å²) in [5.41, 5.74) is 0. The van der Waals surface area contributed by atoms with Crippen molar-refractivity contribution in [1.29, 1.82) is 0 Å². The highest BCUT2D eigenvalue weighted by Gasteiger charge is 2.17. The number of amides is 1. The first kappa shape index (κ1) is 42.6. The van der Waals surface area contributed by atoms with Crippen LogP contribution < -0.4 is 10.6 Å². The summed E-state index contributed by atoms with van der Waals surface area (Å²) in [6, 6.07) is -0.233. The van der Waals surface area contributed by atoms with Gasteiger partial charge in [0, 0.05) is 13.0 Å². The van der Waals surface area contributed by atoms with Gasteiger partial charge in [0.05, 0.1) is 12.6 Å². The van der Waals surface area contributed by atoms with Crippen LogP contribution in [-0.2, 0) is 14.3 Å². The van der Waals surface area contributed by atoms with Crippen molar-refractivity contribution in [1.82, 2.24) is 15.5 Å². The molecule has 0 aromatic carbocycles. The topological polar surface area (TPSA) is 70.7 Å². The Morgan fingerprint density at radius 3 is 1.91 bits per heavy atom. The lowest BCUT2D eigenvalue weighted by molar-refractivity contribution is -0.144. The molecule has 260 valence electrons. The van der Waals surface area contributed by atoms with E-state index in [1.807, 2.05) is 0 Å². The molecule has 1 amide bonds. The van der Waals surface area contributed by atoms with Gasteiger partial charge in [-0.2, -0.15) is 0 Å². The lowest BCUT2D eigenvalue weighted by atomic mass is 9.98. The van der Waals surface area contributed by atoms with E-state index >= 15 is 0 Å². The quantitative estimate of drug-likeness (QED) is 0.0434. The van der Waals surface area contributed by atoms with Crippen molar-refractivity contribution in [2.75, 3.05) is 40.3 Å². The van der Waals surface area contributed by atoms with Crippen molar-refractivity contribution in [2.45, 2.75) is 174 Å². The molecular formula is C38H75N3O3. The third kappa shape index (κ3) is 30.6. The van der Waals surface area contributed by atoms with Gasteiger partial charge in [0.2, 0.25) is 5.91 Å². The Hall–Kier alpha value is -1.40. The molecule has 0 aliphatic rings. The normalized spacial score (nSPS) is 13.0. The maximum absolute atomic E-state index is 12.9. The Kier molecular flexibility index (Phi) is 31.9. The summed E-state index contributed by atoms with van der Waals surface area (Å²) in [5.74, 6) is 0.544. The monoisotopic (exact) mass is 622 g/mol. The van der Waals surface area contributed by atoms with E-state index in [9.17, 15) is 9.59 Å². The van der Waals surface area contributed by atoms with Crippen molar-refractivity contribution in [3.63, 3.8) is 0 Å². The van der Waals surface area contributed by atoms with E-state index in [-0.39, 0.29) is 17.9 Å². The number of esters is 1. The summed E-state index contributed by atoms with van der Waals surface area (Å²) >= 11 is 0. The molecule has 0 aromatic rings. The summed E-state index contributed by atoms with van der Waals surface area (Å²) in [7, 11) is 4.14. The van der Waals surface area contributed by atoms with Gasteiger partial charge in [-0.3, -0.25) is 9.59 Å². The van der Waals surface area contributed by atoms with Gasteiger partial charge in [0.1, 0.15) is 0 Å². The van der Waals surface area contributed by atoms with Gasteiger partial charge < -0.3 is 20.3 Å². The molecule has 0 aromatic heterocycles. The van der Waals surface area contributed by atoms with Crippen LogP contribution >= 0.6 is 0 Å². The van der Waals surface area contributed by atoms with Gasteiger partial charge in [0.25, 0.3) is 0 Å². The molecule has 0 saturated carbocycles. The van der Waals surface area contributed by atoms with Crippen LogP contribution in [0.3, 0.4) is 0 Å². The molecule has 6 nitrogen and oxygen atoms in total. The molecule has 0 bridgehead atoms. The molecule has 44 heavy (non-hydrogen) atoms. The summed E-state index contributed by atoms with van der Waals surface area (Å²) in [6.07, 6.45) is 31.5. The first-order valence-electron chi connectivity index (χ1n) is 18.9. The number of hydrogen-bond acceptors (Lipinski definition) is 5. The highest BCUT2D eigenvalue weighted by molar-refractivity contribution is 5.81. The minimum absolute atomic E-state index is 0.0785. The van der Waals surface area contributed by atoms with Gasteiger partial charge >= 0.3 is 5.97 Å². The van der Waals surface area contributed by atoms with E-state index in [2.05, 4.69) is 62.6 Å². The van der Waals surface area contributed by atoms with E-state index in [4.69, 9.17) is 4.74 Å². The molecule has 0 radical (unpaired) electrons. The maximum atomic E-state index is 12.9. The van der Waals surface area contributed by atoms with Crippen LogP contribution in [0.4, 0.5) is 0 Å². The smallest absolute Gasteiger partial charge is 0.305 e. The lowest BCUT2D eigenvalue weighted by Gasteiger charge is -2.19. The first-order chi connectivity index (χ1) is 21.4. The maximum Gasteiger partial charge on any atom is 0.305 e. The summed E-state index contributed by atoms with van der Waals surface area (Å²) in [6.45, 7) is 9.64. The van der Waals surface area contributed by atoms with E-state index in [0.29, 0.717) is 31.8 Å². The number of rotatable bonds is 33. The number of ether oxygens (including phenoxy) is 1. The highest BCUT2D eigenvalue weighted by Crippen LogP contribution is 2.15. The Morgan fingerprint density at radius 1 is 0.682 bits per heavy atom. The fourth-order valence-corrected chi connectivity index (χ4v) is 5.50. The molecular weight excluding hydrogens is 546 g/mol. The van der Waals surface area contributed by atoms with Crippen LogP contribution in [0.2, 0.25) is 0 Å². The Morgan fingerprint density at radius 2 is 1.27 bits per heavy atom. The van der Waals surface area contributed by atoms with E-state index in [1.54, 1.807) is 0 Å². The van der Waals surface area contributed by atoms with Crippen LogP contribution in [-0.4, -0.2) is 63.2 Å². The Labute approximate surface area is 274 Å². The molecule has 0 rings (SSSR count). The SMILES string of the molecule is CCCCCCCC/C=C\CCCCCCCCNC(=O)C(CCCOC(=O)CCC(C)CCCCC)NCCCN(C)C. The van der Waals surface area contributed by atoms with Crippen molar-refractivity contribution < 1.29 is 14.3 Å². The van der Waals surface area contributed by atoms with Crippen LogP contribution in [0.15, 0.2) is 12.2 Å². The predicted octanol–water partition coefficient (Wildman–Crippen LogP) is 9.37. The molecule has 0 fully saturated rings. The van der Waals surface area contributed by atoms with Crippen LogP contribution in [0, 0.1) is 5.92 Å². The summed E-state index contributed by atoms with van der Waals surface area (Å²) < 4.78 is 5.49. The van der Waals surface area contributed by atoms with Crippen LogP contribution in [0.5, 0.6) is 0 Å². The van der Waals surface area contributed by atoms with Gasteiger partial charge in [-0.1, -0.05) is 116 Å². The number of allylic oxidation sites excluding steroid dienone is 2. The van der Waals surface area contributed by atoms with Crippen molar-refractivity contribution in [3.8, 4) is 0 Å². The van der Waals surface area contributed by atoms with Crippen molar-refractivity contribution in [3.05, 3.63) is 12.2 Å².